The molecule has 0 amide bonds. The van der Waals surface area contributed by atoms with Gasteiger partial charge in [-0.3, -0.25) is 0 Å². The lowest BCUT2D eigenvalue weighted by atomic mass is 9.80. The molecule has 82 valence electrons. The maximum Gasteiger partial charge on any atom is 0.506 e. The van der Waals surface area contributed by atoms with E-state index < -0.39 is 12.4 Å². The average molecular weight is 206 g/mol. The summed E-state index contributed by atoms with van der Waals surface area (Å²) >= 11 is 0. The van der Waals surface area contributed by atoms with Crippen LogP contribution in [0, 0.1) is 11.8 Å². The quantitative estimate of drug-likeness (QED) is 0.641. The first-order chi connectivity index (χ1) is 6.30. The summed E-state index contributed by atoms with van der Waals surface area (Å²) in [5.74, 6) is 0.979. The van der Waals surface area contributed by atoms with E-state index in [2.05, 4.69) is 20.4 Å². The first-order valence-corrected chi connectivity index (χ1v) is 4.90. The van der Waals surface area contributed by atoms with Crippen molar-refractivity contribution in [3.63, 3.8) is 0 Å². The maximum atomic E-state index is 12.2. The van der Waals surface area contributed by atoms with Crippen molar-refractivity contribution in [1.82, 2.24) is 4.90 Å². The fourth-order valence-corrected chi connectivity index (χ4v) is 1.77. The third-order valence-corrected chi connectivity index (χ3v) is 2.95. The lowest BCUT2D eigenvalue weighted by Gasteiger charge is -2.23. The maximum absolute atomic E-state index is 12.2. The number of hydrogen-bond donors (Lipinski definition) is 0. The van der Waals surface area contributed by atoms with Gasteiger partial charge in [0.05, 0.1) is 0 Å². The van der Waals surface area contributed by atoms with Crippen LogP contribution >= 0.6 is 0 Å². The molecule has 0 bridgehead atoms. The Kier molecular flexibility index (Phi) is 3.30. The van der Waals surface area contributed by atoms with Crippen LogP contribution in [0.4, 0.5) is 12.9 Å². The van der Waals surface area contributed by atoms with Crippen molar-refractivity contribution < 1.29 is 12.9 Å². The Hall–Kier alpha value is -0.445. The molecule has 1 rings (SSSR count). The molecule has 14 heavy (non-hydrogen) atoms. The Bertz CT molecular complexity index is 217. The molecule has 1 aliphatic heterocycles. The van der Waals surface area contributed by atoms with Crippen LogP contribution in [0.25, 0.3) is 0 Å². The first kappa shape index (κ1) is 11.6. The van der Waals surface area contributed by atoms with Crippen molar-refractivity contribution in [1.29, 1.82) is 0 Å². The topological polar surface area (TPSA) is 3.24 Å². The van der Waals surface area contributed by atoms with Crippen LogP contribution in [-0.4, -0.2) is 31.5 Å². The second-order valence-corrected chi connectivity index (χ2v) is 4.38. The molecule has 0 aromatic carbocycles. The van der Waals surface area contributed by atoms with E-state index in [-0.39, 0.29) is 6.54 Å². The van der Waals surface area contributed by atoms with E-state index >= 15 is 0 Å². The molecule has 0 aromatic heterocycles. The van der Waals surface area contributed by atoms with Gasteiger partial charge in [-0.1, -0.05) is 13.8 Å². The summed E-state index contributed by atoms with van der Waals surface area (Å²) in [7, 11) is 0. The Morgan fingerprint density at radius 3 is 2.07 bits per heavy atom. The minimum atomic E-state index is -4.86. The third-order valence-electron chi connectivity index (χ3n) is 2.95. The van der Waals surface area contributed by atoms with Gasteiger partial charge < -0.3 is 17.8 Å². The number of halogens is 3. The lowest BCUT2D eigenvalue weighted by Crippen LogP contribution is -2.31. The van der Waals surface area contributed by atoms with Gasteiger partial charge >= 0.3 is 6.98 Å². The van der Waals surface area contributed by atoms with Gasteiger partial charge in [0.1, 0.15) is 0 Å². The zero-order valence-electron chi connectivity index (χ0n) is 8.64. The summed E-state index contributed by atoms with van der Waals surface area (Å²) in [4.78, 5) is 1.84. The van der Waals surface area contributed by atoms with Crippen LogP contribution < -0.4 is 0 Å². The summed E-state index contributed by atoms with van der Waals surface area (Å²) in [6, 6.07) is 0. The van der Waals surface area contributed by atoms with Crippen LogP contribution in [-0.2, 0) is 0 Å². The van der Waals surface area contributed by atoms with Gasteiger partial charge in [-0.05, 0) is 18.4 Å². The van der Waals surface area contributed by atoms with Gasteiger partial charge in [0.2, 0.25) is 0 Å². The monoisotopic (exact) mass is 206 g/mol. The summed E-state index contributed by atoms with van der Waals surface area (Å²) < 4.78 is 36.7. The van der Waals surface area contributed by atoms with Crippen molar-refractivity contribution in [3.8, 4) is 0 Å². The minimum Gasteiger partial charge on any atom is -0.445 e. The highest BCUT2D eigenvalue weighted by molar-refractivity contribution is 6.66. The van der Waals surface area contributed by atoms with E-state index in [1.54, 1.807) is 0 Å². The molecule has 0 aliphatic carbocycles. The van der Waals surface area contributed by atoms with Crippen LogP contribution in [0.15, 0.2) is 12.1 Å². The van der Waals surface area contributed by atoms with E-state index in [0.29, 0.717) is 11.8 Å². The van der Waals surface area contributed by atoms with E-state index in [4.69, 9.17) is 0 Å². The van der Waals surface area contributed by atoms with Gasteiger partial charge in [0, 0.05) is 13.1 Å². The number of rotatable bonds is 3. The highest BCUT2D eigenvalue weighted by Crippen LogP contribution is 2.25. The Labute approximate surface area is 83.0 Å². The predicted octanol–water partition coefficient (Wildman–Crippen LogP) is 2.52. The molecule has 2 atom stereocenters. The van der Waals surface area contributed by atoms with Crippen molar-refractivity contribution >= 4 is 6.98 Å². The standard InChI is InChI=1S/C9H16BF3N/c1-7-4-14(5-8(7)2)6-9(3)10(11,12)13/h7-8H,3-6H2,1-2H3/q-1. The fraction of sp³-hybridized carbons (Fsp3) is 0.778. The van der Waals surface area contributed by atoms with E-state index in [1.165, 1.54) is 0 Å². The molecule has 0 N–H and O–H groups in total. The zero-order chi connectivity index (χ0) is 10.9. The Morgan fingerprint density at radius 1 is 1.29 bits per heavy atom. The van der Waals surface area contributed by atoms with Crippen molar-refractivity contribution in [2.45, 2.75) is 13.8 Å². The molecule has 1 fully saturated rings. The molecule has 1 heterocycles. The number of likely N-dealkylation sites (tertiary alicyclic amines) is 1. The fourth-order valence-electron chi connectivity index (χ4n) is 1.77. The van der Waals surface area contributed by atoms with Gasteiger partial charge in [-0.25, -0.2) is 0 Å². The van der Waals surface area contributed by atoms with Crippen molar-refractivity contribution in [2.75, 3.05) is 19.6 Å². The van der Waals surface area contributed by atoms with Crippen molar-refractivity contribution in [2.24, 2.45) is 11.8 Å². The van der Waals surface area contributed by atoms with Crippen LogP contribution in [0.3, 0.4) is 0 Å². The molecule has 0 spiro atoms. The zero-order valence-corrected chi connectivity index (χ0v) is 8.64. The highest BCUT2D eigenvalue weighted by Gasteiger charge is 2.31. The highest BCUT2D eigenvalue weighted by atomic mass is 19.4. The lowest BCUT2D eigenvalue weighted by molar-refractivity contribution is 0.347. The molecule has 0 aromatic rings. The molecule has 0 radical (unpaired) electrons. The summed E-state index contributed by atoms with van der Waals surface area (Å²) in [5.41, 5.74) is -0.577. The second kappa shape index (κ2) is 3.97. The Balaban J connectivity index is 2.44. The van der Waals surface area contributed by atoms with Crippen LogP contribution in [0.2, 0.25) is 0 Å². The van der Waals surface area contributed by atoms with Gasteiger partial charge in [-0.15, -0.1) is 12.1 Å². The second-order valence-electron chi connectivity index (χ2n) is 4.38. The van der Waals surface area contributed by atoms with E-state index in [9.17, 15) is 12.9 Å². The predicted molar refractivity (Wildman–Crippen MR) is 53.0 cm³/mol. The summed E-state index contributed by atoms with van der Waals surface area (Å²) in [6.07, 6.45) is 0. The van der Waals surface area contributed by atoms with E-state index in [1.807, 2.05) is 4.90 Å². The molecular weight excluding hydrogens is 190 g/mol. The molecular formula is C9H16BF3N-. The molecule has 1 nitrogen and oxygen atoms in total. The van der Waals surface area contributed by atoms with Gasteiger partial charge in [-0.2, -0.15) is 0 Å². The number of nitrogens with zero attached hydrogens (tertiary/aromatic N) is 1. The van der Waals surface area contributed by atoms with Gasteiger partial charge in [0.15, 0.2) is 0 Å². The summed E-state index contributed by atoms with van der Waals surface area (Å²) in [5, 5.41) is 0. The smallest absolute Gasteiger partial charge is 0.445 e. The van der Waals surface area contributed by atoms with Gasteiger partial charge in [0.25, 0.3) is 0 Å². The molecule has 1 saturated heterocycles. The average Bonchev–Trinajstić information content (AvgIpc) is 2.29. The first-order valence-electron chi connectivity index (χ1n) is 4.90. The third kappa shape index (κ3) is 2.77. The van der Waals surface area contributed by atoms with Crippen LogP contribution in [0.5, 0.6) is 0 Å². The van der Waals surface area contributed by atoms with Crippen LogP contribution in [0.1, 0.15) is 13.8 Å². The van der Waals surface area contributed by atoms with E-state index in [0.717, 1.165) is 13.1 Å². The normalized spacial score (nSPS) is 29.5. The minimum absolute atomic E-state index is 0.0157. The summed E-state index contributed by atoms with van der Waals surface area (Å²) in [6.45, 7) is 3.89. The SMILES string of the molecule is C=C(CN1CC(C)C(C)C1)[B-](F)(F)F. The largest absolute Gasteiger partial charge is 0.506 e. The molecule has 5 heteroatoms. The molecule has 1 aliphatic rings. The molecule has 0 saturated carbocycles. The van der Waals surface area contributed by atoms with Crippen molar-refractivity contribution in [3.05, 3.63) is 12.1 Å². The number of hydrogen-bond acceptors (Lipinski definition) is 1. The Morgan fingerprint density at radius 2 is 1.71 bits per heavy atom. The molecule has 2 unspecified atom stereocenters.